The first-order valence-corrected chi connectivity index (χ1v) is 9.64. The molecule has 0 unspecified atom stereocenters. The first-order valence-electron chi connectivity index (χ1n) is 9.64. The highest BCUT2D eigenvalue weighted by atomic mass is 19.1. The number of nitrogens with one attached hydrogen (secondary N) is 1. The minimum absolute atomic E-state index is 0.0161. The summed E-state index contributed by atoms with van der Waals surface area (Å²) in [6.45, 7) is 6.06. The number of hydrogen-bond acceptors (Lipinski definition) is 3. The molecule has 7 heteroatoms. The second-order valence-electron chi connectivity index (χ2n) is 7.65. The van der Waals surface area contributed by atoms with E-state index < -0.39 is 11.2 Å². The van der Waals surface area contributed by atoms with Gasteiger partial charge in [-0.05, 0) is 36.8 Å². The van der Waals surface area contributed by atoms with Gasteiger partial charge in [0.05, 0.1) is 11.9 Å². The van der Waals surface area contributed by atoms with E-state index in [1.54, 1.807) is 29.3 Å². The van der Waals surface area contributed by atoms with Crippen LogP contribution in [0.2, 0.25) is 0 Å². The Morgan fingerprint density at radius 1 is 1.23 bits per heavy atom. The van der Waals surface area contributed by atoms with Crippen LogP contribution in [0.4, 0.5) is 15.9 Å². The quantitative estimate of drug-likeness (QED) is 0.682. The topological polar surface area (TPSA) is 67.2 Å². The minimum atomic E-state index is -1.17. The summed E-state index contributed by atoms with van der Waals surface area (Å²) in [7, 11) is 0. The molecule has 1 aromatic heterocycles. The van der Waals surface area contributed by atoms with Gasteiger partial charge in [0.15, 0.2) is 0 Å². The van der Waals surface area contributed by atoms with Crippen molar-refractivity contribution in [1.82, 2.24) is 9.78 Å². The van der Waals surface area contributed by atoms with E-state index in [0.29, 0.717) is 23.6 Å². The van der Waals surface area contributed by atoms with Crippen molar-refractivity contribution in [2.24, 2.45) is 0 Å². The molecule has 1 atom stereocenters. The van der Waals surface area contributed by atoms with Gasteiger partial charge in [0.1, 0.15) is 17.1 Å². The fraction of sp³-hybridized carbons (Fsp3) is 0.174. The molecule has 5 rings (SSSR count). The fourth-order valence-electron chi connectivity index (χ4n) is 4.52. The van der Waals surface area contributed by atoms with E-state index in [1.807, 2.05) is 25.1 Å². The van der Waals surface area contributed by atoms with Crippen LogP contribution < -0.4 is 10.2 Å². The predicted molar refractivity (Wildman–Crippen MR) is 111 cm³/mol. The Bertz CT molecular complexity index is 1230. The molecule has 0 radical (unpaired) electrons. The summed E-state index contributed by atoms with van der Waals surface area (Å²) in [5.74, 6) is -0.499. The summed E-state index contributed by atoms with van der Waals surface area (Å²) in [6, 6.07) is 11.8. The third-order valence-electron chi connectivity index (χ3n) is 5.79. The maximum atomic E-state index is 13.8. The van der Waals surface area contributed by atoms with Crippen molar-refractivity contribution in [1.29, 1.82) is 0 Å². The molecule has 3 heterocycles. The van der Waals surface area contributed by atoms with Crippen LogP contribution in [0.25, 0.3) is 5.69 Å². The second kappa shape index (κ2) is 6.38. The van der Waals surface area contributed by atoms with Gasteiger partial charge in [0.2, 0.25) is 11.8 Å². The Morgan fingerprint density at radius 3 is 2.83 bits per heavy atom. The molecule has 0 saturated carbocycles. The molecule has 6 nitrogen and oxygen atoms in total. The van der Waals surface area contributed by atoms with Crippen LogP contribution in [-0.4, -0.2) is 28.1 Å². The molecule has 2 aromatic carbocycles. The molecule has 30 heavy (non-hydrogen) atoms. The Labute approximate surface area is 172 Å². The Kier molecular flexibility index (Phi) is 3.89. The summed E-state index contributed by atoms with van der Waals surface area (Å²) < 4.78 is 15.3. The number of aryl methyl sites for hydroxylation is 1. The number of carbonyl (C=O) groups is 2. The molecule has 0 fully saturated rings. The van der Waals surface area contributed by atoms with Gasteiger partial charge in [-0.1, -0.05) is 29.8 Å². The SMILES string of the molecule is C=CCN1C(=O)[C@@]2(CC(=O)Nc3c2cnn3-c2cccc(F)c2)c2cc(C)ccc21. The van der Waals surface area contributed by atoms with Gasteiger partial charge in [-0.3, -0.25) is 9.59 Å². The number of fused-ring (bicyclic) bond motifs is 4. The van der Waals surface area contributed by atoms with Gasteiger partial charge < -0.3 is 10.2 Å². The molecule has 3 aromatic rings. The molecule has 1 spiro atoms. The van der Waals surface area contributed by atoms with Crippen molar-refractivity contribution in [3.63, 3.8) is 0 Å². The average Bonchev–Trinajstić information content (AvgIpc) is 3.23. The molecular weight excluding hydrogens is 383 g/mol. The number of nitrogens with zero attached hydrogens (tertiary/aromatic N) is 3. The highest BCUT2D eigenvalue weighted by Crippen LogP contribution is 2.52. The molecule has 0 saturated heterocycles. The molecular formula is C23H19FN4O2. The van der Waals surface area contributed by atoms with Crippen molar-refractivity contribution in [2.75, 3.05) is 16.8 Å². The highest BCUT2D eigenvalue weighted by Gasteiger charge is 2.57. The zero-order valence-corrected chi connectivity index (χ0v) is 16.4. The van der Waals surface area contributed by atoms with E-state index in [0.717, 1.165) is 16.8 Å². The number of carbonyl (C=O) groups excluding carboxylic acids is 2. The lowest BCUT2D eigenvalue weighted by Crippen LogP contribution is -2.46. The number of benzene rings is 2. The summed E-state index contributed by atoms with van der Waals surface area (Å²) in [6.07, 6.45) is 3.25. The van der Waals surface area contributed by atoms with Crippen molar-refractivity contribution in [3.05, 3.63) is 83.8 Å². The van der Waals surface area contributed by atoms with Crippen LogP contribution in [0.1, 0.15) is 23.1 Å². The van der Waals surface area contributed by atoms with Gasteiger partial charge >= 0.3 is 0 Å². The summed E-state index contributed by atoms with van der Waals surface area (Å²) in [4.78, 5) is 28.2. The lowest BCUT2D eigenvalue weighted by Gasteiger charge is -2.32. The van der Waals surface area contributed by atoms with Crippen LogP contribution in [0, 0.1) is 12.7 Å². The van der Waals surface area contributed by atoms with Gasteiger partial charge in [0.25, 0.3) is 0 Å². The normalized spacial score (nSPS) is 19.6. The number of hydrogen-bond donors (Lipinski definition) is 1. The third kappa shape index (κ3) is 2.38. The van der Waals surface area contributed by atoms with Crippen molar-refractivity contribution < 1.29 is 14.0 Å². The van der Waals surface area contributed by atoms with Crippen LogP contribution >= 0.6 is 0 Å². The largest absolute Gasteiger partial charge is 0.310 e. The fourth-order valence-corrected chi connectivity index (χ4v) is 4.52. The average molecular weight is 402 g/mol. The number of halogens is 1. The van der Waals surface area contributed by atoms with Crippen molar-refractivity contribution in [3.8, 4) is 5.69 Å². The zero-order chi connectivity index (χ0) is 21.0. The second-order valence-corrected chi connectivity index (χ2v) is 7.65. The minimum Gasteiger partial charge on any atom is -0.310 e. The summed E-state index contributed by atoms with van der Waals surface area (Å²) in [5.41, 5.74) is 2.44. The zero-order valence-electron chi connectivity index (χ0n) is 16.4. The van der Waals surface area contributed by atoms with E-state index in [1.165, 1.54) is 16.8 Å². The molecule has 0 bridgehead atoms. The van der Waals surface area contributed by atoms with Gasteiger partial charge in [-0.25, -0.2) is 9.07 Å². The van der Waals surface area contributed by atoms with Gasteiger partial charge in [-0.15, -0.1) is 6.58 Å². The molecule has 2 amide bonds. The summed E-state index contributed by atoms with van der Waals surface area (Å²) in [5, 5.41) is 7.25. The van der Waals surface area contributed by atoms with Crippen LogP contribution in [-0.2, 0) is 15.0 Å². The Morgan fingerprint density at radius 2 is 2.07 bits per heavy atom. The molecule has 150 valence electrons. The molecule has 2 aliphatic heterocycles. The standard InChI is InChI=1S/C23H19FN4O2/c1-3-9-27-19-8-7-14(2)10-17(19)23(22(27)30)12-20(29)26-21-18(23)13-25-28(21)16-6-4-5-15(24)11-16/h3-8,10-11,13H,1,9,12H2,2H3,(H,26,29)/t23-/m0/s1. The monoisotopic (exact) mass is 402 g/mol. The highest BCUT2D eigenvalue weighted by molar-refractivity contribution is 6.16. The van der Waals surface area contributed by atoms with Crippen LogP contribution in [0.15, 0.2) is 61.3 Å². The first kappa shape index (κ1) is 18.3. The maximum Gasteiger partial charge on any atom is 0.243 e. The van der Waals surface area contributed by atoms with Gasteiger partial charge in [-0.2, -0.15) is 5.10 Å². The number of amides is 2. The molecule has 2 aliphatic rings. The Hall–Kier alpha value is -3.74. The van der Waals surface area contributed by atoms with Gasteiger partial charge in [0, 0.05) is 24.2 Å². The van der Waals surface area contributed by atoms with E-state index >= 15 is 0 Å². The van der Waals surface area contributed by atoms with E-state index in [9.17, 15) is 14.0 Å². The van der Waals surface area contributed by atoms with Crippen molar-refractivity contribution >= 4 is 23.3 Å². The first-order chi connectivity index (χ1) is 14.5. The molecule has 1 N–H and O–H groups in total. The number of anilines is 2. The van der Waals surface area contributed by atoms with E-state index in [4.69, 9.17) is 0 Å². The molecule has 0 aliphatic carbocycles. The number of rotatable bonds is 3. The lowest BCUT2D eigenvalue weighted by atomic mass is 9.71. The van der Waals surface area contributed by atoms with Crippen molar-refractivity contribution in [2.45, 2.75) is 18.8 Å². The van der Waals surface area contributed by atoms with E-state index in [-0.39, 0.29) is 18.2 Å². The van der Waals surface area contributed by atoms with Crippen LogP contribution in [0.3, 0.4) is 0 Å². The number of aromatic nitrogens is 2. The predicted octanol–water partition coefficient (Wildman–Crippen LogP) is 3.48. The van der Waals surface area contributed by atoms with E-state index in [2.05, 4.69) is 17.0 Å². The Balaban J connectivity index is 1.78. The third-order valence-corrected chi connectivity index (χ3v) is 5.79. The maximum absolute atomic E-state index is 13.8. The van der Waals surface area contributed by atoms with Crippen LogP contribution in [0.5, 0.6) is 0 Å². The smallest absolute Gasteiger partial charge is 0.243 e. The lowest BCUT2D eigenvalue weighted by molar-refractivity contribution is -0.126. The summed E-state index contributed by atoms with van der Waals surface area (Å²) >= 11 is 0.